The molecular formula is C18H14ClNO3. The lowest BCUT2D eigenvalue weighted by Crippen LogP contribution is -2.07. The van der Waals surface area contributed by atoms with E-state index < -0.39 is 5.97 Å². The molecule has 23 heavy (non-hydrogen) atoms. The molecule has 0 amide bonds. The minimum Gasteiger partial charge on any atom is -0.508 e. The van der Waals surface area contributed by atoms with Crippen molar-refractivity contribution in [2.45, 2.75) is 6.92 Å². The molecule has 0 fully saturated rings. The summed E-state index contributed by atoms with van der Waals surface area (Å²) in [7, 11) is 0. The molecule has 0 radical (unpaired) electrons. The Balaban J connectivity index is 2.36. The van der Waals surface area contributed by atoms with Crippen LogP contribution in [-0.4, -0.2) is 22.7 Å². The summed E-state index contributed by atoms with van der Waals surface area (Å²) in [5.74, 6) is -0.343. The van der Waals surface area contributed by atoms with Crippen molar-refractivity contribution >= 4 is 28.5 Å². The van der Waals surface area contributed by atoms with Crippen molar-refractivity contribution in [3.63, 3.8) is 0 Å². The smallest absolute Gasteiger partial charge is 0.340 e. The largest absolute Gasteiger partial charge is 0.508 e. The van der Waals surface area contributed by atoms with Gasteiger partial charge >= 0.3 is 5.97 Å². The Hall–Kier alpha value is -2.59. The molecular weight excluding hydrogens is 314 g/mol. The van der Waals surface area contributed by atoms with E-state index in [-0.39, 0.29) is 12.4 Å². The first-order valence-electron chi connectivity index (χ1n) is 7.15. The number of phenols is 1. The Labute approximate surface area is 138 Å². The van der Waals surface area contributed by atoms with Gasteiger partial charge in [-0.1, -0.05) is 35.9 Å². The van der Waals surface area contributed by atoms with Crippen LogP contribution in [-0.2, 0) is 4.74 Å². The molecule has 0 atom stereocenters. The number of carbonyl (C=O) groups is 1. The van der Waals surface area contributed by atoms with Crippen molar-refractivity contribution in [3.8, 4) is 16.9 Å². The van der Waals surface area contributed by atoms with Crippen molar-refractivity contribution in [2.24, 2.45) is 0 Å². The average molecular weight is 328 g/mol. The van der Waals surface area contributed by atoms with Crippen molar-refractivity contribution in [1.29, 1.82) is 0 Å². The monoisotopic (exact) mass is 327 g/mol. The molecule has 3 rings (SSSR count). The van der Waals surface area contributed by atoms with Gasteiger partial charge in [-0.05, 0) is 30.7 Å². The molecule has 0 spiro atoms. The van der Waals surface area contributed by atoms with E-state index in [4.69, 9.17) is 16.3 Å². The van der Waals surface area contributed by atoms with Crippen LogP contribution in [0, 0.1) is 0 Å². The van der Waals surface area contributed by atoms with E-state index in [1.807, 2.05) is 12.1 Å². The van der Waals surface area contributed by atoms with E-state index >= 15 is 0 Å². The number of esters is 1. The number of hydrogen-bond donors (Lipinski definition) is 1. The van der Waals surface area contributed by atoms with Crippen LogP contribution >= 0.6 is 11.6 Å². The summed E-state index contributed by atoms with van der Waals surface area (Å²) in [5.41, 5.74) is 2.28. The number of aromatic hydroxyl groups is 1. The minimum atomic E-state index is -0.458. The molecule has 3 aromatic rings. The zero-order chi connectivity index (χ0) is 16.4. The number of nitrogens with zero attached hydrogens (tertiary/aromatic N) is 1. The highest BCUT2D eigenvalue weighted by Crippen LogP contribution is 2.35. The van der Waals surface area contributed by atoms with E-state index in [0.717, 1.165) is 5.39 Å². The number of pyridine rings is 1. The molecule has 1 N–H and O–H groups in total. The second-order valence-electron chi connectivity index (χ2n) is 4.95. The molecule has 4 nitrogen and oxygen atoms in total. The fourth-order valence-electron chi connectivity index (χ4n) is 2.52. The quantitative estimate of drug-likeness (QED) is 0.723. The molecule has 0 aliphatic rings. The van der Waals surface area contributed by atoms with Crippen molar-refractivity contribution in [2.75, 3.05) is 6.61 Å². The molecule has 116 valence electrons. The van der Waals surface area contributed by atoms with Gasteiger partial charge in [0.2, 0.25) is 0 Å². The predicted octanol–water partition coefficient (Wildman–Crippen LogP) is 4.44. The lowest BCUT2D eigenvalue weighted by molar-refractivity contribution is 0.0527. The molecule has 0 aliphatic heterocycles. The highest BCUT2D eigenvalue weighted by atomic mass is 35.5. The van der Waals surface area contributed by atoms with Crippen LogP contribution in [0.2, 0.25) is 5.02 Å². The molecule has 0 saturated carbocycles. The van der Waals surface area contributed by atoms with E-state index in [0.29, 0.717) is 27.2 Å². The third-order valence-electron chi connectivity index (χ3n) is 3.48. The first-order valence-corrected chi connectivity index (χ1v) is 7.53. The third kappa shape index (κ3) is 2.85. The number of fused-ring (bicyclic) bond motifs is 1. The highest BCUT2D eigenvalue weighted by molar-refractivity contribution is 6.35. The number of rotatable bonds is 3. The Morgan fingerprint density at radius 3 is 2.78 bits per heavy atom. The van der Waals surface area contributed by atoms with Crippen LogP contribution in [0.25, 0.3) is 22.0 Å². The maximum atomic E-state index is 12.3. The molecule has 0 aliphatic carbocycles. The Morgan fingerprint density at radius 2 is 2.04 bits per heavy atom. The van der Waals surface area contributed by atoms with Gasteiger partial charge in [-0.25, -0.2) is 4.79 Å². The van der Waals surface area contributed by atoms with Crippen LogP contribution in [0.4, 0.5) is 0 Å². The van der Waals surface area contributed by atoms with E-state index in [2.05, 4.69) is 4.98 Å². The fraction of sp³-hybridized carbons (Fsp3) is 0.111. The number of benzene rings is 2. The lowest BCUT2D eigenvalue weighted by atomic mass is 9.96. The number of phenolic OH excluding ortho intramolecular Hbond substituents is 1. The van der Waals surface area contributed by atoms with Gasteiger partial charge in [-0.3, -0.25) is 4.98 Å². The second kappa shape index (κ2) is 6.26. The summed E-state index contributed by atoms with van der Waals surface area (Å²) in [4.78, 5) is 16.6. The molecule has 1 aromatic heterocycles. The predicted molar refractivity (Wildman–Crippen MR) is 89.8 cm³/mol. The molecule has 2 aromatic carbocycles. The number of para-hydroxylation sites is 1. The number of hydrogen-bond acceptors (Lipinski definition) is 4. The number of aromatic nitrogens is 1. The first-order chi connectivity index (χ1) is 11.1. The standard InChI is InChI=1S/C18H14ClNO3/c1-2-23-18(22)14-10-20-17-13(7-4-8-15(17)19)16(14)11-5-3-6-12(21)9-11/h3-10,21H,2H2,1H3. The molecule has 0 unspecified atom stereocenters. The third-order valence-corrected chi connectivity index (χ3v) is 3.78. The lowest BCUT2D eigenvalue weighted by Gasteiger charge is -2.13. The van der Waals surface area contributed by atoms with Crippen molar-refractivity contribution in [3.05, 3.63) is 59.2 Å². The summed E-state index contributed by atoms with van der Waals surface area (Å²) >= 11 is 6.21. The topological polar surface area (TPSA) is 59.4 Å². The van der Waals surface area contributed by atoms with Crippen LogP contribution in [0.1, 0.15) is 17.3 Å². The van der Waals surface area contributed by atoms with Gasteiger partial charge < -0.3 is 9.84 Å². The summed E-state index contributed by atoms with van der Waals surface area (Å²) in [6.45, 7) is 2.02. The van der Waals surface area contributed by atoms with Crippen LogP contribution in [0.15, 0.2) is 48.7 Å². The summed E-state index contributed by atoms with van der Waals surface area (Å²) in [6, 6.07) is 12.1. The van der Waals surface area contributed by atoms with Gasteiger partial charge in [0.15, 0.2) is 0 Å². The zero-order valence-corrected chi connectivity index (χ0v) is 13.2. The fourth-order valence-corrected chi connectivity index (χ4v) is 2.75. The van der Waals surface area contributed by atoms with Crippen LogP contribution < -0.4 is 0 Å². The van der Waals surface area contributed by atoms with Crippen molar-refractivity contribution < 1.29 is 14.6 Å². The number of carbonyl (C=O) groups excluding carboxylic acids is 1. The number of halogens is 1. The van der Waals surface area contributed by atoms with E-state index in [1.165, 1.54) is 6.20 Å². The van der Waals surface area contributed by atoms with E-state index in [1.54, 1.807) is 37.3 Å². The number of ether oxygens (including phenoxy) is 1. The summed E-state index contributed by atoms with van der Waals surface area (Å²) in [5, 5.41) is 11.0. The summed E-state index contributed by atoms with van der Waals surface area (Å²) < 4.78 is 5.13. The Kier molecular flexibility index (Phi) is 4.17. The van der Waals surface area contributed by atoms with Gasteiger partial charge in [0, 0.05) is 17.1 Å². The first kappa shape index (κ1) is 15.3. The highest BCUT2D eigenvalue weighted by Gasteiger charge is 2.19. The van der Waals surface area contributed by atoms with Crippen LogP contribution in [0.3, 0.4) is 0 Å². The molecule has 5 heteroatoms. The van der Waals surface area contributed by atoms with Gasteiger partial charge in [-0.2, -0.15) is 0 Å². The van der Waals surface area contributed by atoms with Crippen LogP contribution in [0.5, 0.6) is 5.75 Å². The maximum Gasteiger partial charge on any atom is 0.340 e. The van der Waals surface area contributed by atoms with Gasteiger partial charge in [0.1, 0.15) is 5.75 Å². The summed E-state index contributed by atoms with van der Waals surface area (Å²) in [6.07, 6.45) is 1.46. The zero-order valence-electron chi connectivity index (χ0n) is 12.4. The second-order valence-corrected chi connectivity index (χ2v) is 5.36. The normalized spacial score (nSPS) is 10.7. The maximum absolute atomic E-state index is 12.3. The Bertz CT molecular complexity index is 893. The van der Waals surface area contributed by atoms with Gasteiger partial charge in [0.25, 0.3) is 0 Å². The van der Waals surface area contributed by atoms with E-state index in [9.17, 15) is 9.90 Å². The molecule has 0 saturated heterocycles. The molecule has 0 bridgehead atoms. The minimum absolute atomic E-state index is 0.115. The van der Waals surface area contributed by atoms with Gasteiger partial charge in [0.05, 0.1) is 22.7 Å². The van der Waals surface area contributed by atoms with Gasteiger partial charge in [-0.15, -0.1) is 0 Å². The molecule has 1 heterocycles. The average Bonchev–Trinajstić information content (AvgIpc) is 2.54. The van der Waals surface area contributed by atoms with Crippen molar-refractivity contribution in [1.82, 2.24) is 4.98 Å². The Morgan fingerprint density at radius 1 is 1.26 bits per heavy atom. The SMILES string of the molecule is CCOC(=O)c1cnc2c(Cl)cccc2c1-c1cccc(O)c1.